The molecule has 0 unspecified atom stereocenters. The van der Waals surface area contributed by atoms with E-state index in [9.17, 15) is 9.59 Å². The summed E-state index contributed by atoms with van der Waals surface area (Å²) < 4.78 is 0. The topological polar surface area (TPSA) is 110 Å². The van der Waals surface area contributed by atoms with Crippen molar-refractivity contribution in [2.24, 2.45) is 0 Å². The van der Waals surface area contributed by atoms with Gasteiger partial charge in [0, 0.05) is 11.1 Å². The van der Waals surface area contributed by atoms with Gasteiger partial charge in [0.2, 0.25) is 0 Å². The van der Waals surface area contributed by atoms with Crippen molar-refractivity contribution in [3.8, 4) is 21.1 Å². The number of aromatic nitrogens is 2. The van der Waals surface area contributed by atoms with Gasteiger partial charge < -0.3 is 10.6 Å². The van der Waals surface area contributed by atoms with E-state index >= 15 is 0 Å². The van der Waals surface area contributed by atoms with E-state index in [1.54, 1.807) is 13.8 Å². The molecule has 32 heavy (non-hydrogen) atoms. The van der Waals surface area contributed by atoms with Crippen LogP contribution in [0.2, 0.25) is 0 Å². The minimum Gasteiger partial charge on any atom is -0.870 e. The van der Waals surface area contributed by atoms with Crippen LogP contribution in [-0.4, -0.2) is 31.8 Å². The van der Waals surface area contributed by atoms with E-state index in [-0.39, 0.29) is 35.0 Å². The standard InChI is InChI=1S/C11H8ClNOS.C11H9NO2S.Na.H2O/c1-7-9(10(12)14)15-11(13-7)8-5-3-2-4-6-8;1-7-9(11(13)14)15-10(12-7)8-5-3-2-4-6-8;;/h2-6H,1H3;2-6H,1H3,(H,13,14);;1H2/q;;+1;/p-1. The molecule has 0 bridgehead atoms. The van der Waals surface area contributed by atoms with Crippen LogP contribution in [0, 0.1) is 13.8 Å². The van der Waals surface area contributed by atoms with Crippen molar-refractivity contribution in [3.63, 3.8) is 0 Å². The predicted octanol–water partition coefficient (Wildman–Crippen LogP) is 3.14. The zero-order chi connectivity index (χ0) is 21.7. The molecule has 4 rings (SSSR count). The summed E-state index contributed by atoms with van der Waals surface area (Å²) in [7, 11) is 0. The third-order valence-electron chi connectivity index (χ3n) is 4.01. The average Bonchev–Trinajstić information content (AvgIpc) is 3.33. The van der Waals surface area contributed by atoms with Crippen molar-refractivity contribution < 1.29 is 49.7 Å². The molecule has 2 aromatic heterocycles. The van der Waals surface area contributed by atoms with Gasteiger partial charge in [-0.05, 0) is 25.4 Å². The largest absolute Gasteiger partial charge is 1.00 e. The normalized spacial score (nSPS) is 9.59. The fourth-order valence-corrected chi connectivity index (χ4v) is 4.65. The number of thiazole rings is 2. The van der Waals surface area contributed by atoms with Crippen LogP contribution in [0.5, 0.6) is 0 Å². The van der Waals surface area contributed by atoms with Crippen molar-refractivity contribution in [3.05, 3.63) is 81.8 Å². The number of hydrogen-bond donors (Lipinski definition) is 1. The maximum absolute atomic E-state index is 11.0. The van der Waals surface area contributed by atoms with E-state index in [4.69, 9.17) is 16.7 Å². The molecule has 0 amide bonds. The van der Waals surface area contributed by atoms with Gasteiger partial charge in [-0.2, -0.15) is 0 Å². The first-order valence-corrected chi connectivity index (χ1v) is 10.9. The molecule has 0 aliphatic carbocycles. The number of rotatable bonds is 4. The number of aromatic carboxylic acids is 1. The van der Waals surface area contributed by atoms with Gasteiger partial charge in [0.25, 0.3) is 5.24 Å². The van der Waals surface area contributed by atoms with Crippen molar-refractivity contribution in [2.45, 2.75) is 13.8 Å². The number of benzene rings is 2. The maximum Gasteiger partial charge on any atom is 1.00 e. The second kappa shape index (κ2) is 13.0. The molecular formula is C22H18ClN2NaO4S2. The minimum absolute atomic E-state index is 0. The fourth-order valence-electron chi connectivity index (χ4n) is 2.58. The molecule has 0 saturated heterocycles. The van der Waals surface area contributed by atoms with Crippen molar-refractivity contribution in [1.29, 1.82) is 0 Å². The Balaban J connectivity index is 0.000000301. The van der Waals surface area contributed by atoms with Gasteiger partial charge in [-0.25, -0.2) is 14.8 Å². The first kappa shape index (κ1) is 28.1. The summed E-state index contributed by atoms with van der Waals surface area (Å²) >= 11 is 7.98. The Hall–Kier alpha value is -1.91. The van der Waals surface area contributed by atoms with Crippen LogP contribution in [-0.2, 0) is 0 Å². The van der Waals surface area contributed by atoms with Crippen LogP contribution >= 0.6 is 34.3 Å². The molecule has 0 atom stereocenters. The predicted molar refractivity (Wildman–Crippen MR) is 124 cm³/mol. The second-order valence-corrected chi connectivity index (χ2v) is 8.52. The minimum atomic E-state index is -0.910. The number of carbonyl (C=O) groups excluding carboxylic acids is 1. The zero-order valence-electron chi connectivity index (χ0n) is 17.6. The summed E-state index contributed by atoms with van der Waals surface area (Å²) in [5.74, 6) is -0.910. The molecule has 2 N–H and O–H groups in total. The summed E-state index contributed by atoms with van der Waals surface area (Å²) in [6.07, 6.45) is 0. The zero-order valence-corrected chi connectivity index (χ0v) is 22.0. The third-order valence-corrected chi connectivity index (χ3v) is 6.71. The van der Waals surface area contributed by atoms with E-state index in [1.165, 1.54) is 22.7 Å². The Labute approximate surface area is 220 Å². The number of carbonyl (C=O) groups is 2. The summed E-state index contributed by atoms with van der Waals surface area (Å²) in [6, 6.07) is 19.3. The Kier molecular flexibility index (Phi) is 11.4. The molecule has 0 radical (unpaired) electrons. The van der Waals surface area contributed by atoms with Crippen LogP contribution < -0.4 is 29.6 Å². The molecule has 10 heteroatoms. The summed E-state index contributed by atoms with van der Waals surface area (Å²) in [4.78, 5) is 31.3. The van der Waals surface area contributed by atoms with Gasteiger partial charge >= 0.3 is 35.5 Å². The number of carboxylic acids is 1. The first-order valence-electron chi connectivity index (χ1n) is 8.85. The Bertz CT molecular complexity index is 1090. The maximum atomic E-state index is 11.0. The van der Waals surface area contributed by atoms with Gasteiger partial charge in [-0.3, -0.25) is 4.79 Å². The first-order chi connectivity index (χ1) is 14.4. The van der Waals surface area contributed by atoms with Gasteiger partial charge in [0.1, 0.15) is 19.8 Å². The van der Waals surface area contributed by atoms with Gasteiger partial charge in [-0.15, -0.1) is 22.7 Å². The molecule has 0 saturated carbocycles. The van der Waals surface area contributed by atoms with Gasteiger partial charge in [0.15, 0.2) is 0 Å². The van der Waals surface area contributed by atoms with E-state index in [0.717, 1.165) is 21.1 Å². The number of carboxylic acid groups (broad SMARTS) is 1. The van der Waals surface area contributed by atoms with Crippen LogP contribution in [0.1, 0.15) is 30.7 Å². The van der Waals surface area contributed by atoms with Gasteiger partial charge in [0.05, 0.1) is 11.4 Å². The summed E-state index contributed by atoms with van der Waals surface area (Å²) in [5.41, 5.74) is 3.23. The molecule has 0 fully saturated rings. The summed E-state index contributed by atoms with van der Waals surface area (Å²) in [5, 5.41) is 10.0. The number of hydrogen-bond acceptors (Lipinski definition) is 7. The Morgan fingerprint density at radius 2 is 1.16 bits per heavy atom. The molecule has 160 valence electrons. The number of nitrogens with zero attached hydrogens (tertiary/aromatic N) is 2. The van der Waals surface area contributed by atoms with E-state index in [2.05, 4.69) is 9.97 Å². The second-order valence-electron chi connectivity index (χ2n) is 6.18. The van der Waals surface area contributed by atoms with Gasteiger partial charge in [-0.1, -0.05) is 60.7 Å². The van der Waals surface area contributed by atoms with E-state index < -0.39 is 11.2 Å². The molecule has 0 aliphatic rings. The van der Waals surface area contributed by atoms with Crippen molar-refractivity contribution in [1.82, 2.24) is 9.97 Å². The third kappa shape index (κ3) is 7.05. The SMILES string of the molecule is Cc1nc(-c2ccccc2)sc1C(=O)Cl.Cc1nc(-c2ccccc2)sc1C(=O)O.[Na+].[OH-]. The van der Waals surface area contributed by atoms with Crippen LogP contribution in [0.4, 0.5) is 0 Å². The van der Waals surface area contributed by atoms with Crippen molar-refractivity contribution in [2.75, 3.05) is 0 Å². The number of halogens is 1. The smallest absolute Gasteiger partial charge is 0.870 e. The number of aryl methyl sites for hydroxylation is 2. The van der Waals surface area contributed by atoms with Crippen LogP contribution in [0.25, 0.3) is 21.1 Å². The monoisotopic (exact) mass is 496 g/mol. The summed E-state index contributed by atoms with van der Waals surface area (Å²) in [6.45, 7) is 3.50. The van der Waals surface area contributed by atoms with Crippen molar-refractivity contribution >= 4 is 45.5 Å². The molecule has 2 heterocycles. The Morgan fingerprint density at radius 3 is 1.47 bits per heavy atom. The van der Waals surface area contributed by atoms with Crippen LogP contribution in [0.15, 0.2) is 60.7 Å². The quantitative estimate of drug-likeness (QED) is 0.343. The molecule has 2 aromatic carbocycles. The van der Waals surface area contributed by atoms with Crippen LogP contribution in [0.3, 0.4) is 0 Å². The molecule has 0 aliphatic heterocycles. The fraction of sp³-hybridized carbons (Fsp3) is 0.0909. The van der Waals surface area contributed by atoms with E-state index in [1.807, 2.05) is 60.7 Å². The van der Waals surface area contributed by atoms with E-state index in [0.29, 0.717) is 21.1 Å². The average molecular weight is 497 g/mol. The molecule has 0 spiro atoms. The Morgan fingerprint density at radius 1 is 0.781 bits per heavy atom. The molecule has 4 aromatic rings. The molecule has 6 nitrogen and oxygen atoms in total. The molecular weight excluding hydrogens is 479 g/mol.